The second-order valence-electron chi connectivity index (χ2n) is 6.07. The van der Waals surface area contributed by atoms with E-state index in [1.165, 1.54) is 11.0 Å². The molecular formula is C17H22F3NO3. The van der Waals surface area contributed by atoms with Crippen LogP contribution >= 0.6 is 0 Å². The molecule has 0 saturated carbocycles. The van der Waals surface area contributed by atoms with E-state index in [1.807, 2.05) is 0 Å². The van der Waals surface area contributed by atoms with Crippen LogP contribution in [0.3, 0.4) is 0 Å². The summed E-state index contributed by atoms with van der Waals surface area (Å²) in [6.07, 6.45) is -4.42. The molecule has 0 fully saturated rings. The molecule has 4 nitrogen and oxygen atoms in total. The third-order valence-electron chi connectivity index (χ3n) is 3.69. The number of rotatable bonds is 7. The van der Waals surface area contributed by atoms with Crippen LogP contribution in [0, 0.1) is 5.92 Å². The maximum Gasteiger partial charge on any atom is 0.416 e. The van der Waals surface area contributed by atoms with E-state index < -0.39 is 23.6 Å². The van der Waals surface area contributed by atoms with Crippen molar-refractivity contribution in [2.24, 2.45) is 5.92 Å². The molecule has 1 amide bonds. The number of aliphatic carboxylic acids is 1. The predicted molar refractivity (Wildman–Crippen MR) is 83.4 cm³/mol. The first-order valence-corrected chi connectivity index (χ1v) is 7.70. The summed E-state index contributed by atoms with van der Waals surface area (Å²) in [6.45, 7) is 5.27. The van der Waals surface area contributed by atoms with Crippen LogP contribution in [0.1, 0.15) is 38.3 Å². The number of nitrogens with zero attached hydrogens (tertiary/aromatic N) is 1. The first-order valence-electron chi connectivity index (χ1n) is 7.70. The van der Waals surface area contributed by atoms with Crippen LogP contribution in [0.2, 0.25) is 0 Å². The van der Waals surface area contributed by atoms with E-state index in [9.17, 15) is 22.8 Å². The summed E-state index contributed by atoms with van der Waals surface area (Å²) in [7, 11) is 0. The van der Waals surface area contributed by atoms with Crippen molar-refractivity contribution in [3.05, 3.63) is 35.4 Å². The number of hydrogen-bond donors (Lipinski definition) is 1. The van der Waals surface area contributed by atoms with Crippen LogP contribution < -0.4 is 0 Å². The molecule has 1 N–H and O–H groups in total. The second-order valence-corrected chi connectivity index (χ2v) is 6.07. The Morgan fingerprint density at radius 2 is 1.83 bits per heavy atom. The highest BCUT2D eigenvalue weighted by molar-refractivity contribution is 5.79. The second kappa shape index (κ2) is 8.17. The lowest BCUT2D eigenvalue weighted by atomic mass is 9.97. The van der Waals surface area contributed by atoms with Gasteiger partial charge >= 0.3 is 12.1 Å². The Morgan fingerprint density at radius 1 is 1.21 bits per heavy atom. The fourth-order valence-electron chi connectivity index (χ4n) is 2.44. The molecule has 0 aromatic heterocycles. The number of halogens is 3. The molecule has 1 aromatic rings. The summed E-state index contributed by atoms with van der Waals surface area (Å²) in [6, 6.07) is 4.72. The molecule has 0 bridgehead atoms. The number of carboxylic acid groups (broad SMARTS) is 1. The minimum atomic E-state index is -4.42. The number of carboxylic acids is 1. The molecule has 1 atom stereocenters. The zero-order valence-electron chi connectivity index (χ0n) is 13.9. The van der Waals surface area contributed by atoms with E-state index in [-0.39, 0.29) is 31.3 Å². The highest BCUT2D eigenvalue weighted by Crippen LogP contribution is 2.30. The van der Waals surface area contributed by atoms with Gasteiger partial charge in [-0.3, -0.25) is 9.59 Å². The molecule has 0 spiro atoms. The van der Waals surface area contributed by atoms with Gasteiger partial charge in [0.15, 0.2) is 0 Å². The van der Waals surface area contributed by atoms with Crippen LogP contribution in [-0.2, 0) is 22.2 Å². The Bertz CT molecular complexity index is 585. The molecule has 1 rings (SSSR count). The summed E-state index contributed by atoms with van der Waals surface area (Å²) in [5.41, 5.74) is -0.321. The molecule has 1 aromatic carbocycles. The third-order valence-corrected chi connectivity index (χ3v) is 3.69. The third kappa shape index (κ3) is 5.86. The summed E-state index contributed by atoms with van der Waals surface area (Å²) < 4.78 is 38.2. The molecule has 0 aliphatic carbocycles. The van der Waals surface area contributed by atoms with E-state index in [1.54, 1.807) is 26.8 Å². The first-order chi connectivity index (χ1) is 11.0. The van der Waals surface area contributed by atoms with Crippen LogP contribution in [0.4, 0.5) is 13.2 Å². The number of benzene rings is 1. The van der Waals surface area contributed by atoms with Gasteiger partial charge < -0.3 is 10.0 Å². The largest absolute Gasteiger partial charge is 0.481 e. The molecule has 0 heterocycles. The van der Waals surface area contributed by atoms with Gasteiger partial charge in [0.2, 0.25) is 5.91 Å². The number of amides is 1. The minimum absolute atomic E-state index is 0.0821. The summed E-state index contributed by atoms with van der Waals surface area (Å²) in [4.78, 5) is 24.6. The van der Waals surface area contributed by atoms with E-state index in [0.717, 1.165) is 12.1 Å². The number of alkyl halides is 3. The fourth-order valence-corrected chi connectivity index (χ4v) is 2.44. The van der Waals surface area contributed by atoms with Gasteiger partial charge in [0.25, 0.3) is 0 Å². The summed E-state index contributed by atoms with van der Waals surface area (Å²) >= 11 is 0. The normalized spacial score (nSPS) is 13.0. The topological polar surface area (TPSA) is 57.6 Å². The smallest absolute Gasteiger partial charge is 0.416 e. The molecule has 0 aliphatic heterocycles. The lowest BCUT2D eigenvalue weighted by molar-refractivity contribution is -0.140. The highest BCUT2D eigenvalue weighted by Gasteiger charge is 2.31. The van der Waals surface area contributed by atoms with E-state index >= 15 is 0 Å². The highest BCUT2D eigenvalue weighted by atomic mass is 19.4. The maximum absolute atomic E-state index is 12.7. The average molecular weight is 345 g/mol. The first kappa shape index (κ1) is 20.0. The molecule has 1 unspecified atom stereocenters. The molecule has 0 aliphatic rings. The molecule has 0 radical (unpaired) electrons. The Morgan fingerprint density at radius 3 is 2.33 bits per heavy atom. The van der Waals surface area contributed by atoms with Crippen LogP contribution in [0.5, 0.6) is 0 Å². The number of carbonyl (C=O) groups is 2. The number of carbonyl (C=O) groups excluding carboxylic acids is 1. The van der Waals surface area contributed by atoms with Crippen LogP contribution in [0.15, 0.2) is 24.3 Å². The van der Waals surface area contributed by atoms with Crippen molar-refractivity contribution in [3.8, 4) is 0 Å². The van der Waals surface area contributed by atoms with Crippen molar-refractivity contribution in [2.75, 3.05) is 6.54 Å². The number of hydrogen-bond acceptors (Lipinski definition) is 2. The fraction of sp³-hybridized carbons (Fsp3) is 0.529. The van der Waals surface area contributed by atoms with Gasteiger partial charge in [0.1, 0.15) is 0 Å². The Hall–Kier alpha value is -2.05. The van der Waals surface area contributed by atoms with Crippen molar-refractivity contribution in [1.29, 1.82) is 0 Å². The lowest BCUT2D eigenvalue weighted by Gasteiger charge is -2.29. The quantitative estimate of drug-likeness (QED) is 0.821. The van der Waals surface area contributed by atoms with Gasteiger partial charge in [-0.15, -0.1) is 0 Å². The maximum atomic E-state index is 12.7. The van der Waals surface area contributed by atoms with Crippen molar-refractivity contribution in [1.82, 2.24) is 4.90 Å². The van der Waals surface area contributed by atoms with Gasteiger partial charge in [-0.2, -0.15) is 13.2 Å². The standard InChI is InChI=1S/C17H22F3NO3/c1-11(2)21(8-7-15(22)23)16(24)12(3)9-13-5-4-6-14(10-13)17(18,19)20/h4-6,10-12H,7-9H2,1-3H3,(H,22,23). The van der Waals surface area contributed by atoms with Crippen LogP contribution in [0.25, 0.3) is 0 Å². The zero-order valence-corrected chi connectivity index (χ0v) is 13.9. The Kier molecular flexibility index (Phi) is 6.81. The molecule has 7 heteroatoms. The van der Waals surface area contributed by atoms with Crippen molar-refractivity contribution in [3.63, 3.8) is 0 Å². The summed E-state index contributed by atoms with van der Waals surface area (Å²) in [5.74, 6) is -1.80. The van der Waals surface area contributed by atoms with Crippen LogP contribution in [-0.4, -0.2) is 34.5 Å². The Balaban J connectivity index is 2.83. The van der Waals surface area contributed by atoms with Crippen molar-refractivity contribution in [2.45, 2.75) is 45.8 Å². The van der Waals surface area contributed by atoms with E-state index in [2.05, 4.69) is 0 Å². The SMILES string of the molecule is CC(Cc1cccc(C(F)(F)F)c1)C(=O)N(CCC(=O)O)C(C)C. The van der Waals surface area contributed by atoms with E-state index in [0.29, 0.717) is 5.56 Å². The van der Waals surface area contributed by atoms with Gasteiger partial charge in [0, 0.05) is 18.5 Å². The van der Waals surface area contributed by atoms with Gasteiger partial charge in [0.05, 0.1) is 12.0 Å². The Labute approximate surface area is 139 Å². The van der Waals surface area contributed by atoms with Gasteiger partial charge in [-0.25, -0.2) is 0 Å². The van der Waals surface area contributed by atoms with Gasteiger partial charge in [-0.1, -0.05) is 25.1 Å². The zero-order chi connectivity index (χ0) is 18.5. The molecule has 134 valence electrons. The monoisotopic (exact) mass is 345 g/mol. The van der Waals surface area contributed by atoms with Crippen molar-refractivity contribution < 1.29 is 27.9 Å². The van der Waals surface area contributed by atoms with Gasteiger partial charge in [-0.05, 0) is 31.9 Å². The lowest BCUT2D eigenvalue weighted by Crippen LogP contribution is -2.42. The molecule has 0 saturated heterocycles. The predicted octanol–water partition coefficient (Wildman–Crippen LogP) is 3.60. The molecule has 24 heavy (non-hydrogen) atoms. The average Bonchev–Trinajstić information content (AvgIpc) is 2.45. The molecular weight excluding hydrogens is 323 g/mol. The summed E-state index contributed by atoms with van der Waals surface area (Å²) in [5, 5.41) is 8.76. The van der Waals surface area contributed by atoms with E-state index in [4.69, 9.17) is 5.11 Å². The minimum Gasteiger partial charge on any atom is -0.481 e. The van der Waals surface area contributed by atoms with Crippen molar-refractivity contribution >= 4 is 11.9 Å².